The van der Waals surface area contributed by atoms with E-state index in [1.807, 2.05) is 27.7 Å². The second-order valence-electron chi connectivity index (χ2n) is 11.7. The van der Waals surface area contributed by atoms with Crippen molar-refractivity contribution in [1.82, 2.24) is 14.5 Å². The molecule has 0 radical (unpaired) electrons. The van der Waals surface area contributed by atoms with Crippen LogP contribution in [0.4, 0.5) is 0 Å². The number of likely N-dealkylation sites (tertiary alicyclic amines) is 1. The van der Waals surface area contributed by atoms with Gasteiger partial charge in [-0.05, 0) is 82.8 Å². The predicted molar refractivity (Wildman–Crippen MR) is 157 cm³/mol. The monoisotopic (exact) mass is 534 g/mol. The van der Waals surface area contributed by atoms with E-state index >= 15 is 0 Å². The zero-order chi connectivity index (χ0) is 27.8. The summed E-state index contributed by atoms with van der Waals surface area (Å²) in [6, 6.07) is 17.1. The minimum atomic E-state index is -0.507. The molecular weight excluding hydrogens is 488 g/mol. The molecule has 0 aliphatic carbocycles. The fraction of sp³-hybridized carbons (Fsp3) is 0.562. The highest BCUT2D eigenvalue weighted by Gasteiger charge is 2.25. The first-order chi connectivity index (χ1) is 18.7. The number of nitrogens with two attached hydrogens (primary N) is 1. The molecule has 7 heteroatoms. The van der Waals surface area contributed by atoms with Crippen molar-refractivity contribution in [2.24, 2.45) is 11.7 Å². The third kappa shape index (κ3) is 8.37. The van der Waals surface area contributed by atoms with E-state index in [0.717, 1.165) is 69.7 Å². The fourth-order valence-electron chi connectivity index (χ4n) is 5.32. The molecule has 0 saturated carbocycles. The molecule has 39 heavy (non-hydrogen) atoms. The number of fused-ring (bicyclic) bond motifs is 1. The summed E-state index contributed by atoms with van der Waals surface area (Å²) in [5, 5.41) is 0. The van der Waals surface area contributed by atoms with Gasteiger partial charge < -0.3 is 24.7 Å². The highest BCUT2D eigenvalue weighted by Crippen LogP contribution is 2.30. The maximum Gasteiger partial charge on any atom is 0.309 e. The van der Waals surface area contributed by atoms with Crippen molar-refractivity contribution in [1.29, 1.82) is 0 Å². The first kappa shape index (κ1) is 29.2. The quantitative estimate of drug-likeness (QED) is 0.247. The molecule has 212 valence electrons. The largest absolute Gasteiger partial charge is 0.464 e. The number of nitrogens with zero attached hydrogens (tertiary/aromatic N) is 3. The number of esters is 1. The predicted octanol–water partition coefficient (Wildman–Crippen LogP) is 4.95. The van der Waals surface area contributed by atoms with Crippen molar-refractivity contribution in [3.05, 3.63) is 65.5 Å². The molecule has 2 aromatic carbocycles. The Kier molecular flexibility index (Phi) is 10.2. The second kappa shape index (κ2) is 13.6. The molecule has 1 saturated heterocycles. The Morgan fingerprint density at radius 3 is 2.46 bits per heavy atom. The van der Waals surface area contributed by atoms with E-state index in [0.29, 0.717) is 12.3 Å². The van der Waals surface area contributed by atoms with Gasteiger partial charge in [-0.15, -0.1) is 0 Å². The summed E-state index contributed by atoms with van der Waals surface area (Å²) in [6.07, 6.45) is 3.96. The Bertz CT molecular complexity index is 1190. The lowest BCUT2D eigenvalue weighted by Gasteiger charge is -2.32. The SMILES string of the molecule is CCOCCn1c(C2CCN(CCc3ccc(CC(C)C(=O)OCC(C)(C)N)cc3)CC2)nc2ccccc21. The van der Waals surface area contributed by atoms with Crippen LogP contribution in [0.25, 0.3) is 11.0 Å². The van der Waals surface area contributed by atoms with Crippen LogP contribution in [0.3, 0.4) is 0 Å². The molecule has 1 atom stereocenters. The average Bonchev–Trinajstić information content (AvgIpc) is 3.30. The third-order valence-corrected chi connectivity index (χ3v) is 7.57. The summed E-state index contributed by atoms with van der Waals surface area (Å²) in [7, 11) is 0. The Morgan fingerprint density at radius 2 is 1.77 bits per heavy atom. The highest BCUT2D eigenvalue weighted by molar-refractivity contribution is 5.76. The van der Waals surface area contributed by atoms with Gasteiger partial charge in [-0.2, -0.15) is 0 Å². The lowest BCUT2D eigenvalue weighted by atomic mass is 9.95. The molecule has 4 rings (SSSR count). The summed E-state index contributed by atoms with van der Waals surface area (Å²) in [4.78, 5) is 19.9. The van der Waals surface area contributed by atoms with Crippen molar-refractivity contribution < 1.29 is 14.3 Å². The van der Waals surface area contributed by atoms with E-state index in [1.54, 1.807) is 0 Å². The van der Waals surface area contributed by atoms with Crippen LogP contribution >= 0.6 is 0 Å². The Balaban J connectivity index is 1.25. The lowest BCUT2D eigenvalue weighted by molar-refractivity contribution is -0.149. The number of ether oxygens (including phenoxy) is 2. The number of carbonyl (C=O) groups is 1. The number of piperidine rings is 1. The Labute approximate surface area is 233 Å². The Morgan fingerprint density at radius 1 is 1.08 bits per heavy atom. The number of para-hydroxylation sites is 2. The maximum atomic E-state index is 12.3. The van der Waals surface area contributed by atoms with Crippen molar-refractivity contribution in [2.45, 2.75) is 71.4 Å². The van der Waals surface area contributed by atoms with Gasteiger partial charge >= 0.3 is 5.97 Å². The smallest absolute Gasteiger partial charge is 0.309 e. The number of benzene rings is 2. The molecular formula is C32H46N4O3. The molecule has 2 heterocycles. The van der Waals surface area contributed by atoms with Gasteiger partial charge in [0.05, 0.1) is 23.6 Å². The zero-order valence-electron chi connectivity index (χ0n) is 24.2. The summed E-state index contributed by atoms with van der Waals surface area (Å²) >= 11 is 0. The lowest BCUT2D eigenvalue weighted by Crippen LogP contribution is -2.39. The summed E-state index contributed by atoms with van der Waals surface area (Å²) in [5.41, 5.74) is 10.2. The summed E-state index contributed by atoms with van der Waals surface area (Å²) < 4.78 is 13.4. The van der Waals surface area contributed by atoms with Crippen molar-refractivity contribution in [3.63, 3.8) is 0 Å². The molecule has 0 bridgehead atoms. The van der Waals surface area contributed by atoms with Crippen LogP contribution in [0.15, 0.2) is 48.5 Å². The van der Waals surface area contributed by atoms with Gasteiger partial charge in [0.25, 0.3) is 0 Å². The van der Waals surface area contributed by atoms with Crippen LogP contribution in [0.5, 0.6) is 0 Å². The van der Waals surface area contributed by atoms with E-state index < -0.39 is 5.54 Å². The fourth-order valence-corrected chi connectivity index (χ4v) is 5.32. The van der Waals surface area contributed by atoms with Gasteiger partial charge in [0, 0.05) is 31.2 Å². The number of rotatable bonds is 13. The van der Waals surface area contributed by atoms with Crippen LogP contribution in [0.2, 0.25) is 0 Å². The van der Waals surface area contributed by atoms with Crippen LogP contribution in [-0.2, 0) is 33.7 Å². The number of aromatic nitrogens is 2. The van der Waals surface area contributed by atoms with E-state index in [9.17, 15) is 4.79 Å². The molecule has 7 nitrogen and oxygen atoms in total. The molecule has 1 aromatic heterocycles. The van der Waals surface area contributed by atoms with Crippen LogP contribution in [0.1, 0.15) is 63.4 Å². The van der Waals surface area contributed by atoms with E-state index in [4.69, 9.17) is 20.2 Å². The van der Waals surface area contributed by atoms with Gasteiger partial charge in [-0.1, -0.05) is 43.3 Å². The van der Waals surface area contributed by atoms with E-state index in [-0.39, 0.29) is 18.5 Å². The molecule has 1 aliphatic heterocycles. The minimum absolute atomic E-state index is 0.188. The summed E-state index contributed by atoms with van der Waals surface area (Å²) in [5.74, 6) is 1.33. The zero-order valence-corrected chi connectivity index (χ0v) is 24.2. The number of carbonyl (C=O) groups excluding carboxylic acids is 1. The molecule has 1 fully saturated rings. The molecule has 1 aliphatic rings. The molecule has 2 N–H and O–H groups in total. The van der Waals surface area contributed by atoms with E-state index in [1.165, 1.54) is 16.9 Å². The molecule has 0 amide bonds. The molecule has 0 spiro atoms. The first-order valence-corrected chi connectivity index (χ1v) is 14.5. The van der Waals surface area contributed by atoms with Gasteiger partial charge in [0.15, 0.2) is 0 Å². The summed E-state index contributed by atoms with van der Waals surface area (Å²) in [6.45, 7) is 13.5. The van der Waals surface area contributed by atoms with Gasteiger partial charge in [-0.3, -0.25) is 4.79 Å². The maximum absolute atomic E-state index is 12.3. The first-order valence-electron chi connectivity index (χ1n) is 14.5. The van der Waals surface area contributed by atoms with Gasteiger partial charge in [-0.25, -0.2) is 4.98 Å². The standard InChI is InChI=1S/C32H46N4O3/c1-5-38-21-20-36-29-9-7-6-8-28(29)34-30(36)27-15-18-35(19-16-27)17-14-25-10-12-26(13-11-25)22-24(2)31(37)39-23-32(3,4)33/h6-13,24,27H,5,14-23,33H2,1-4H3. The molecule has 3 aromatic rings. The normalized spacial score (nSPS) is 16.0. The third-order valence-electron chi connectivity index (χ3n) is 7.57. The van der Waals surface area contributed by atoms with Crippen LogP contribution in [0, 0.1) is 5.92 Å². The number of hydrogen-bond donors (Lipinski definition) is 1. The highest BCUT2D eigenvalue weighted by atomic mass is 16.5. The van der Waals surface area contributed by atoms with Crippen LogP contribution in [-0.4, -0.2) is 65.4 Å². The van der Waals surface area contributed by atoms with Crippen LogP contribution < -0.4 is 5.73 Å². The number of imidazole rings is 1. The second-order valence-corrected chi connectivity index (χ2v) is 11.7. The van der Waals surface area contributed by atoms with Crippen molar-refractivity contribution in [2.75, 3.05) is 39.5 Å². The van der Waals surface area contributed by atoms with Crippen molar-refractivity contribution >= 4 is 17.0 Å². The molecule has 1 unspecified atom stereocenters. The van der Waals surface area contributed by atoms with Gasteiger partial charge in [0.1, 0.15) is 12.4 Å². The number of hydrogen-bond acceptors (Lipinski definition) is 6. The average molecular weight is 535 g/mol. The Hall–Kier alpha value is -2.74. The van der Waals surface area contributed by atoms with Gasteiger partial charge in [0.2, 0.25) is 0 Å². The minimum Gasteiger partial charge on any atom is -0.464 e. The van der Waals surface area contributed by atoms with E-state index in [2.05, 4.69) is 58.0 Å². The topological polar surface area (TPSA) is 82.6 Å². The van der Waals surface area contributed by atoms with Crippen molar-refractivity contribution in [3.8, 4) is 0 Å².